The van der Waals surface area contributed by atoms with Crippen LogP contribution in [0.5, 0.6) is 0 Å². The first-order chi connectivity index (χ1) is 14.3. The molecule has 1 atom stereocenters. The standard InChI is InChI=1S/C21H31F3N6.HI/c1-5-25-20(26-13-17-15-29(4)28-19(17)21(22,23)24)27-14-18(30(6-2)7-3)16-11-9-8-10-12-16;/h8-12,15,18H,5-7,13-14H2,1-4H3,(H2,25,26,27);1H. The fraction of sp³-hybridized carbons (Fsp3) is 0.524. The van der Waals surface area contributed by atoms with Gasteiger partial charge in [0.1, 0.15) is 0 Å². The minimum Gasteiger partial charge on any atom is -0.357 e. The summed E-state index contributed by atoms with van der Waals surface area (Å²) < 4.78 is 40.7. The highest BCUT2D eigenvalue weighted by molar-refractivity contribution is 14.0. The average Bonchev–Trinajstić information content (AvgIpc) is 3.11. The molecule has 0 fully saturated rings. The Kier molecular flexibility index (Phi) is 11.3. The highest BCUT2D eigenvalue weighted by Crippen LogP contribution is 2.30. The Morgan fingerprint density at radius 1 is 1.13 bits per heavy atom. The van der Waals surface area contributed by atoms with Gasteiger partial charge in [-0.05, 0) is 25.6 Å². The number of guanidine groups is 1. The molecule has 1 heterocycles. The molecule has 2 N–H and O–H groups in total. The molecule has 2 rings (SSSR count). The van der Waals surface area contributed by atoms with Crippen LogP contribution in [0.1, 0.15) is 43.6 Å². The molecule has 1 aromatic heterocycles. The number of aliphatic imine (C=N–C) groups is 1. The molecular weight excluding hydrogens is 520 g/mol. The maximum Gasteiger partial charge on any atom is 0.435 e. The van der Waals surface area contributed by atoms with Gasteiger partial charge in [0.15, 0.2) is 11.7 Å². The highest BCUT2D eigenvalue weighted by atomic mass is 127. The number of hydrogen-bond acceptors (Lipinski definition) is 3. The number of aryl methyl sites for hydroxylation is 1. The van der Waals surface area contributed by atoms with Crippen LogP contribution in [-0.4, -0.2) is 46.8 Å². The lowest BCUT2D eigenvalue weighted by molar-refractivity contribution is -0.142. The van der Waals surface area contributed by atoms with E-state index in [1.165, 1.54) is 23.5 Å². The van der Waals surface area contributed by atoms with Crippen LogP contribution in [0.3, 0.4) is 0 Å². The molecule has 1 unspecified atom stereocenters. The third-order valence-corrected chi connectivity index (χ3v) is 4.83. The SMILES string of the molecule is CCNC(=NCc1cn(C)nc1C(F)(F)F)NCC(c1ccccc1)N(CC)CC.I. The minimum absolute atomic E-state index is 0. The number of nitrogens with one attached hydrogen (secondary N) is 2. The quantitative estimate of drug-likeness (QED) is 0.278. The van der Waals surface area contributed by atoms with E-state index in [1.54, 1.807) is 0 Å². The molecule has 0 bridgehead atoms. The van der Waals surface area contributed by atoms with Crippen molar-refractivity contribution in [1.29, 1.82) is 0 Å². The van der Waals surface area contributed by atoms with Gasteiger partial charge in [-0.15, -0.1) is 24.0 Å². The first-order valence-corrected chi connectivity index (χ1v) is 10.2. The van der Waals surface area contributed by atoms with Crippen molar-refractivity contribution in [2.75, 3.05) is 26.2 Å². The number of rotatable bonds is 9. The van der Waals surface area contributed by atoms with E-state index >= 15 is 0 Å². The maximum atomic E-state index is 13.2. The number of likely N-dealkylation sites (N-methyl/N-ethyl adjacent to an activating group) is 1. The average molecular weight is 552 g/mol. The summed E-state index contributed by atoms with van der Waals surface area (Å²) in [6.07, 6.45) is -3.14. The van der Waals surface area contributed by atoms with E-state index < -0.39 is 11.9 Å². The van der Waals surface area contributed by atoms with Crippen molar-refractivity contribution < 1.29 is 13.2 Å². The number of halogens is 4. The van der Waals surface area contributed by atoms with Crippen molar-refractivity contribution in [1.82, 2.24) is 25.3 Å². The number of hydrogen-bond donors (Lipinski definition) is 2. The monoisotopic (exact) mass is 552 g/mol. The molecule has 2 aromatic rings. The molecule has 0 aliphatic carbocycles. The summed E-state index contributed by atoms with van der Waals surface area (Å²) in [6.45, 7) is 8.98. The molecule has 0 aliphatic heterocycles. The first kappa shape index (κ1) is 27.2. The zero-order valence-electron chi connectivity index (χ0n) is 18.4. The van der Waals surface area contributed by atoms with Gasteiger partial charge in [-0.2, -0.15) is 18.3 Å². The number of aromatic nitrogens is 2. The second-order valence-electron chi connectivity index (χ2n) is 6.90. The molecule has 1 aromatic carbocycles. The van der Waals surface area contributed by atoms with Gasteiger partial charge < -0.3 is 10.6 Å². The predicted octanol–water partition coefficient (Wildman–Crippen LogP) is 4.20. The van der Waals surface area contributed by atoms with Crippen LogP contribution in [0.25, 0.3) is 0 Å². The van der Waals surface area contributed by atoms with Crippen molar-refractivity contribution in [2.24, 2.45) is 12.0 Å². The lowest BCUT2D eigenvalue weighted by Gasteiger charge is -2.30. The van der Waals surface area contributed by atoms with Gasteiger partial charge in [-0.1, -0.05) is 44.2 Å². The van der Waals surface area contributed by atoms with Gasteiger partial charge in [0.05, 0.1) is 12.6 Å². The van der Waals surface area contributed by atoms with Crippen molar-refractivity contribution in [3.8, 4) is 0 Å². The second-order valence-corrected chi connectivity index (χ2v) is 6.90. The summed E-state index contributed by atoms with van der Waals surface area (Å²) in [5.41, 5.74) is 0.330. The summed E-state index contributed by atoms with van der Waals surface area (Å²) in [6, 6.07) is 10.3. The van der Waals surface area contributed by atoms with Gasteiger partial charge in [0.2, 0.25) is 0 Å². The van der Waals surface area contributed by atoms with Gasteiger partial charge >= 0.3 is 6.18 Å². The van der Waals surface area contributed by atoms with Crippen molar-refractivity contribution in [2.45, 2.75) is 39.5 Å². The van der Waals surface area contributed by atoms with Crippen LogP contribution >= 0.6 is 24.0 Å². The van der Waals surface area contributed by atoms with E-state index in [0.29, 0.717) is 19.0 Å². The normalized spacial score (nSPS) is 13.1. The Morgan fingerprint density at radius 2 is 1.77 bits per heavy atom. The van der Waals surface area contributed by atoms with Gasteiger partial charge in [0.25, 0.3) is 0 Å². The molecule has 31 heavy (non-hydrogen) atoms. The molecular formula is C21H32F3IN6. The largest absolute Gasteiger partial charge is 0.435 e. The number of alkyl halides is 3. The van der Waals surface area contributed by atoms with Crippen molar-refractivity contribution >= 4 is 29.9 Å². The molecule has 10 heteroatoms. The Bertz CT molecular complexity index is 803. The lowest BCUT2D eigenvalue weighted by atomic mass is 10.1. The van der Waals surface area contributed by atoms with Crippen molar-refractivity contribution in [3.63, 3.8) is 0 Å². The zero-order valence-corrected chi connectivity index (χ0v) is 20.7. The van der Waals surface area contributed by atoms with E-state index in [2.05, 4.69) is 51.6 Å². The highest BCUT2D eigenvalue weighted by Gasteiger charge is 2.36. The fourth-order valence-corrected chi connectivity index (χ4v) is 3.39. The van der Waals surface area contributed by atoms with Crippen LogP contribution in [0, 0.1) is 0 Å². The Hall–Kier alpha value is -1.82. The fourth-order valence-electron chi connectivity index (χ4n) is 3.39. The van der Waals surface area contributed by atoms with E-state index in [9.17, 15) is 13.2 Å². The molecule has 0 saturated heterocycles. The van der Waals surface area contributed by atoms with Crippen LogP contribution < -0.4 is 10.6 Å². The first-order valence-electron chi connectivity index (χ1n) is 10.2. The second kappa shape index (κ2) is 12.9. The van der Waals surface area contributed by atoms with E-state index in [4.69, 9.17) is 0 Å². The van der Waals surface area contributed by atoms with Crippen LogP contribution in [0.2, 0.25) is 0 Å². The van der Waals surface area contributed by atoms with Crippen LogP contribution in [0.4, 0.5) is 13.2 Å². The summed E-state index contributed by atoms with van der Waals surface area (Å²) in [4.78, 5) is 6.70. The number of nitrogens with zero attached hydrogens (tertiary/aromatic N) is 4. The summed E-state index contributed by atoms with van der Waals surface area (Å²) in [5.74, 6) is 0.475. The van der Waals surface area contributed by atoms with E-state index in [1.807, 2.05) is 25.1 Å². The van der Waals surface area contributed by atoms with E-state index in [0.717, 1.165) is 13.1 Å². The summed E-state index contributed by atoms with van der Waals surface area (Å²) >= 11 is 0. The molecule has 0 radical (unpaired) electrons. The van der Waals surface area contributed by atoms with Crippen LogP contribution in [0.15, 0.2) is 41.5 Å². The van der Waals surface area contributed by atoms with Gasteiger partial charge in [-0.25, -0.2) is 4.99 Å². The smallest absolute Gasteiger partial charge is 0.357 e. The maximum absolute atomic E-state index is 13.2. The van der Waals surface area contributed by atoms with Gasteiger partial charge in [0, 0.05) is 31.9 Å². The molecule has 0 spiro atoms. The molecule has 0 amide bonds. The zero-order chi connectivity index (χ0) is 22.1. The molecule has 6 nitrogen and oxygen atoms in total. The lowest BCUT2D eigenvalue weighted by Crippen LogP contribution is -2.43. The predicted molar refractivity (Wildman–Crippen MR) is 129 cm³/mol. The molecule has 174 valence electrons. The van der Waals surface area contributed by atoms with Gasteiger partial charge in [-0.3, -0.25) is 9.58 Å². The summed E-state index contributed by atoms with van der Waals surface area (Å²) in [7, 11) is 1.47. The Morgan fingerprint density at radius 3 is 2.32 bits per heavy atom. The molecule has 0 aliphatic rings. The minimum atomic E-state index is -4.50. The topological polar surface area (TPSA) is 57.5 Å². The van der Waals surface area contributed by atoms with Crippen LogP contribution in [-0.2, 0) is 19.8 Å². The third kappa shape index (κ3) is 7.99. The van der Waals surface area contributed by atoms with Crippen molar-refractivity contribution in [3.05, 3.63) is 53.3 Å². The Balaban J connectivity index is 0.00000480. The Labute approximate surface area is 199 Å². The number of benzene rings is 1. The summed E-state index contributed by atoms with van der Waals surface area (Å²) in [5, 5.41) is 9.94. The third-order valence-electron chi connectivity index (χ3n) is 4.83. The van der Waals surface area contributed by atoms with E-state index in [-0.39, 0.29) is 42.1 Å². The molecule has 0 saturated carbocycles.